The summed E-state index contributed by atoms with van der Waals surface area (Å²) in [5.74, 6) is 0.604. The van der Waals surface area contributed by atoms with Crippen molar-refractivity contribution < 1.29 is 13.2 Å². The molecule has 106 valence electrons. The molecule has 0 fully saturated rings. The first-order valence-corrected chi connectivity index (χ1v) is 8.60. The molecule has 2 aromatic rings. The summed E-state index contributed by atoms with van der Waals surface area (Å²) in [6, 6.07) is 8.55. The largest absolute Gasteiger partial charge is 0.496 e. The van der Waals surface area contributed by atoms with E-state index in [2.05, 4.69) is 25.9 Å². The van der Waals surface area contributed by atoms with Crippen LogP contribution in [0.1, 0.15) is 5.56 Å². The molecule has 0 atom stereocenters. The number of nitrogens with zero attached hydrogens (tertiary/aromatic N) is 1. The maximum absolute atomic E-state index is 11.8. The molecule has 20 heavy (non-hydrogen) atoms. The van der Waals surface area contributed by atoms with E-state index in [0.29, 0.717) is 11.3 Å². The minimum Gasteiger partial charge on any atom is -0.496 e. The van der Waals surface area contributed by atoms with Gasteiger partial charge in [-0.05, 0) is 29.6 Å². The van der Waals surface area contributed by atoms with Crippen molar-refractivity contribution in [3.8, 4) is 5.75 Å². The second kappa shape index (κ2) is 6.38. The fraction of sp³-hybridized carbons (Fsp3) is 0.0833. The van der Waals surface area contributed by atoms with Gasteiger partial charge in [-0.3, -0.25) is 0 Å². The third-order valence-corrected chi connectivity index (χ3v) is 5.44. The summed E-state index contributed by atoms with van der Waals surface area (Å²) >= 11 is 4.46. The van der Waals surface area contributed by atoms with Crippen LogP contribution in [-0.2, 0) is 10.0 Å². The van der Waals surface area contributed by atoms with Crippen LogP contribution in [0.3, 0.4) is 0 Å². The second-order valence-corrected chi connectivity index (χ2v) is 7.42. The highest BCUT2D eigenvalue weighted by molar-refractivity contribution is 9.10. The lowest BCUT2D eigenvalue weighted by Gasteiger charge is -2.04. The lowest BCUT2D eigenvalue weighted by Crippen LogP contribution is -2.17. The molecule has 0 saturated carbocycles. The van der Waals surface area contributed by atoms with Gasteiger partial charge in [0.05, 0.1) is 13.3 Å². The van der Waals surface area contributed by atoms with Crippen LogP contribution >= 0.6 is 27.3 Å². The number of hydrazone groups is 1. The van der Waals surface area contributed by atoms with E-state index in [0.717, 1.165) is 15.8 Å². The number of nitrogens with one attached hydrogen (secondary N) is 1. The number of methoxy groups -OCH3 is 1. The number of ether oxygens (including phenoxy) is 1. The molecule has 0 spiro atoms. The first-order valence-electron chi connectivity index (χ1n) is 5.45. The summed E-state index contributed by atoms with van der Waals surface area (Å²) in [5, 5.41) is 5.45. The summed E-state index contributed by atoms with van der Waals surface area (Å²) in [7, 11) is -2.06. The van der Waals surface area contributed by atoms with Crippen molar-refractivity contribution in [1.29, 1.82) is 0 Å². The Balaban J connectivity index is 2.17. The van der Waals surface area contributed by atoms with E-state index in [9.17, 15) is 8.42 Å². The van der Waals surface area contributed by atoms with Gasteiger partial charge in [0.25, 0.3) is 10.0 Å². The maximum Gasteiger partial charge on any atom is 0.286 e. The number of hydrogen-bond acceptors (Lipinski definition) is 5. The quantitative estimate of drug-likeness (QED) is 0.646. The highest BCUT2D eigenvalue weighted by Gasteiger charge is 2.13. The molecule has 1 heterocycles. The van der Waals surface area contributed by atoms with Crippen LogP contribution < -0.4 is 9.57 Å². The Hall–Kier alpha value is -1.38. The van der Waals surface area contributed by atoms with Gasteiger partial charge < -0.3 is 4.74 Å². The van der Waals surface area contributed by atoms with E-state index >= 15 is 0 Å². The molecular weight excluding hydrogens is 364 g/mol. The van der Waals surface area contributed by atoms with E-state index in [1.807, 2.05) is 6.07 Å². The van der Waals surface area contributed by atoms with Crippen LogP contribution in [0.5, 0.6) is 5.75 Å². The van der Waals surface area contributed by atoms with Gasteiger partial charge in [-0.25, -0.2) is 0 Å². The van der Waals surface area contributed by atoms with Crippen molar-refractivity contribution in [3.63, 3.8) is 0 Å². The highest BCUT2D eigenvalue weighted by atomic mass is 79.9. The predicted molar refractivity (Wildman–Crippen MR) is 82.9 cm³/mol. The average Bonchev–Trinajstić information content (AvgIpc) is 2.93. The number of hydrogen-bond donors (Lipinski definition) is 1. The smallest absolute Gasteiger partial charge is 0.286 e. The van der Waals surface area contributed by atoms with Gasteiger partial charge in [-0.1, -0.05) is 22.0 Å². The number of sulfonamides is 1. The van der Waals surface area contributed by atoms with Crippen LogP contribution in [0.4, 0.5) is 0 Å². The lowest BCUT2D eigenvalue weighted by atomic mass is 10.2. The van der Waals surface area contributed by atoms with Crippen LogP contribution in [-0.4, -0.2) is 21.7 Å². The van der Waals surface area contributed by atoms with Crippen molar-refractivity contribution >= 4 is 43.5 Å². The van der Waals surface area contributed by atoms with Crippen LogP contribution in [0.2, 0.25) is 0 Å². The van der Waals surface area contributed by atoms with Crippen molar-refractivity contribution in [2.45, 2.75) is 4.21 Å². The fourth-order valence-corrected chi connectivity index (χ4v) is 3.58. The molecule has 8 heteroatoms. The molecule has 1 aromatic carbocycles. The van der Waals surface area contributed by atoms with Gasteiger partial charge in [0.1, 0.15) is 9.96 Å². The molecule has 0 bridgehead atoms. The summed E-state index contributed by atoms with van der Waals surface area (Å²) < 4.78 is 29.9. The van der Waals surface area contributed by atoms with Crippen LogP contribution in [0.15, 0.2) is 49.5 Å². The van der Waals surface area contributed by atoms with E-state index in [1.165, 1.54) is 19.4 Å². The standard InChI is InChI=1S/C12H11BrN2O3S2/c1-18-11-5-4-10(13)7-9(11)8-14-15-20(16,17)12-3-2-6-19-12/h2-8,15H,1H3/b14-8+. The summed E-state index contributed by atoms with van der Waals surface area (Å²) in [4.78, 5) is 2.16. The Morgan fingerprint density at radius 3 is 2.85 bits per heavy atom. The Kier molecular flexibility index (Phi) is 4.79. The molecule has 0 saturated heterocycles. The van der Waals surface area contributed by atoms with Gasteiger partial charge in [0.2, 0.25) is 0 Å². The summed E-state index contributed by atoms with van der Waals surface area (Å²) in [6.45, 7) is 0. The third kappa shape index (κ3) is 3.59. The zero-order valence-corrected chi connectivity index (χ0v) is 13.6. The molecule has 2 rings (SSSR count). The maximum atomic E-state index is 11.8. The van der Waals surface area contributed by atoms with Crippen LogP contribution in [0.25, 0.3) is 0 Å². The monoisotopic (exact) mass is 374 g/mol. The van der Waals surface area contributed by atoms with E-state index in [1.54, 1.807) is 23.6 Å². The molecule has 0 unspecified atom stereocenters. The zero-order chi connectivity index (χ0) is 14.6. The topological polar surface area (TPSA) is 67.8 Å². The molecule has 0 aliphatic heterocycles. The summed E-state index contributed by atoms with van der Waals surface area (Å²) in [5.41, 5.74) is 0.663. The van der Waals surface area contributed by atoms with E-state index in [4.69, 9.17) is 4.74 Å². The molecule has 0 aliphatic rings. The van der Waals surface area contributed by atoms with Crippen molar-refractivity contribution in [2.24, 2.45) is 5.10 Å². The Labute approximate surface area is 129 Å². The SMILES string of the molecule is COc1ccc(Br)cc1/C=N/NS(=O)(=O)c1cccs1. The molecule has 1 N–H and O–H groups in total. The predicted octanol–water partition coefficient (Wildman–Crippen LogP) is 2.83. The minimum atomic E-state index is -3.60. The van der Waals surface area contributed by atoms with Gasteiger partial charge in [0.15, 0.2) is 0 Å². The molecular formula is C12H11BrN2O3S2. The normalized spacial score (nSPS) is 11.7. The summed E-state index contributed by atoms with van der Waals surface area (Å²) in [6.07, 6.45) is 1.40. The number of halogens is 1. The molecule has 0 radical (unpaired) electrons. The average molecular weight is 375 g/mol. The molecule has 0 amide bonds. The second-order valence-electron chi connectivity index (χ2n) is 3.67. The third-order valence-electron chi connectivity index (χ3n) is 2.33. The van der Waals surface area contributed by atoms with Crippen molar-refractivity contribution in [1.82, 2.24) is 4.83 Å². The van der Waals surface area contributed by atoms with Gasteiger partial charge in [0, 0.05) is 10.0 Å². The minimum absolute atomic E-state index is 0.218. The number of benzene rings is 1. The van der Waals surface area contributed by atoms with E-state index < -0.39 is 10.0 Å². The van der Waals surface area contributed by atoms with Gasteiger partial charge in [-0.15, -0.1) is 11.3 Å². The first kappa shape index (κ1) is 15.0. The molecule has 1 aromatic heterocycles. The van der Waals surface area contributed by atoms with E-state index in [-0.39, 0.29) is 4.21 Å². The fourth-order valence-electron chi connectivity index (χ4n) is 1.43. The van der Waals surface area contributed by atoms with Crippen LogP contribution in [0, 0.1) is 0 Å². The first-order chi connectivity index (χ1) is 9.53. The Bertz CT molecular complexity index is 712. The van der Waals surface area contributed by atoms with Gasteiger partial charge >= 0.3 is 0 Å². The van der Waals surface area contributed by atoms with Crippen molar-refractivity contribution in [3.05, 3.63) is 45.7 Å². The number of thiophene rings is 1. The number of rotatable bonds is 5. The molecule has 0 aliphatic carbocycles. The Morgan fingerprint density at radius 2 is 2.20 bits per heavy atom. The van der Waals surface area contributed by atoms with Crippen molar-refractivity contribution in [2.75, 3.05) is 7.11 Å². The lowest BCUT2D eigenvalue weighted by molar-refractivity contribution is 0.414. The highest BCUT2D eigenvalue weighted by Crippen LogP contribution is 2.21. The van der Waals surface area contributed by atoms with Gasteiger partial charge in [-0.2, -0.15) is 18.4 Å². The Morgan fingerprint density at radius 1 is 1.40 bits per heavy atom. The zero-order valence-electron chi connectivity index (χ0n) is 10.4. The molecule has 5 nitrogen and oxygen atoms in total.